The second kappa shape index (κ2) is 4.84. The quantitative estimate of drug-likeness (QED) is 0.670. The monoisotopic (exact) mass is 262 g/mol. The molecular formula is C11H22N2O3S. The molecule has 2 N–H and O–H groups in total. The molecule has 2 aliphatic rings. The third-order valence-corrected chi connectivity index (χ3v) is 5.69. The lowest BCUT2D eigenvalue weighted by Crippen LogP contribution is -2.58. The zero-order valence-corrected chi connectivity index (χ0v) is 11.2. The van der Waals surface area contributed by atoms with Crippen LogP contribution >= 0.6 is 0 Å². The van der Waals surface area contributed by atoms with Crippen LogP contribution in [0.25, 0.3) is 0 Å². The first kappa shape index (κ1) is 13.3. The minimum Gasteiger partial charge on any atom is -0.394 e. The standard InChI is InChI=1S/C11H22N2O3S/c1-12-11(9-14,10-2-3-10)8-13-4-6-17(15,16)7-5-13/h10,12,14H,2-9H2,1H3. The molecule has 1 atom stereocenters. The van der Waals surface area contributed by atoms with Crippen molar-refractivity contribution in [2.45, 2.75) is 18.4 Å². The summed E-state index contributed by atoms with van der Waals surface area (Å²) in [6, 6.07) is 0. The maximum Gasteiger partial charge on any atom is 0.152 e. The Morgan fingerprint density at radius 1 is 1.35 bits per heavy atom. The molecule has 0 aromatic carbocycles. The average Bonchev–Trinajstić information content (AvgIpc) is 3.13. The van der Waals surface area contributed by atoms with E-state index in [4.69, 9.17) is 0 Å². The van der Waals surface area contributed by atoms with E-state index < -0.39 is 9.84 Å². The van der Waals surface area contributed by atoms with E-state index in [9.17, 15) is 13.5 Å². The zero-order valence-electron chi connectivity index (χ0n) is 10.4. The van der Waals surface area contributed by atoms with Crippen LogP contribution in [0.2, 0.25) is 0 Å². The van der Waals surface area contributed by atoms with Gasteiger partial charge in [-0.15, -0.1) is 0 Å². The Kier molecular flexibility index (Phi) is 3.77. The average molecular weight is 262 g/mol. The summed E-state index contributed by atoms with van der Waals surface area (Å²) in [5.74, 6) is 1.04. The Bertz CT molecular complexity index is 347. The van der Waals surface area contributed by atoms with Crippen molar-refractivity contribution in [3.63, 3.8) is 0 Å². The fourth-order valence-corrected chi connectivity index (χ4v) is 3.89. The van der Waals surface area contributed by atoms with E-state index in [0.29, 0.717) is 19.0 Å². The number of sulfone groups is 1. The molecule has 1 aliphatic heterocycles. The summed E-state index contributed by atoms with van der Waals surface area (Å²) in [6.07, 6.45) is 2.32. The Morgan fingerprint density at radius 2 is 1.94 bits per heavy atom. The van der Waals surface area contributed by atoms with Crippen LogP contribution < -0.4 is 5.32 Å². The van der Waals surface area contributed by atoms with Gasteiger partial charge < -0.3 is 10.4 Å². The largest absolute Gasteiger partial charge is 0.394 e. The summed E-state index contributed by atoms with van der Waals surface area (Å²) in [7, 11) is -0.930. The Labute approximate surface area is 103 Å². The van der Waals surface area contributed by atoms with Crippen LogP contribution in [0.1, 0.15) is 12.8 Å². The molecule has 2 rings (SSSR count). The van der Waals surface area contributed by atoms with Crippen molar-refractivity contribution in [1.29, 1.82) is 0 Å². The lowest BCUT2D eigenvalue weighted by atomic mass is 9.93. The van der Waals surface area contributed by atoms with Gasteiger partial charge in [-0.25, -0.2) is 8.42 Å². The van der Waals surface area contributed by atoms with E-state index in [-0.39, 0.29) is 23.7 Å². The molecule has 0 spiro atoms. The number of nitrogens with zero attached hydrogens (tertiary/aromatic N) is 1. The number of hydrogen-bond acceptors (Lipinski definition) is 5. The molecule has 0 radical (unpaired) electrons. The molecule has 1 saturated carbocycles. The van der Waals surface area contributed by atoms with E-state index >= 15 is 0 Å². The highest BCUT2D eigenvalue weighted by atomic mass is 32.2. The molecule has 1 saturated heterocycles. The van der Waals surface area contributed by atoms with Crippen LogP contribution in [0.4, 0.5) is 0 Å². The Balaban J connectivity index is 1.95. The van der Waals surface area contributed by atoms with Gasteiger partial charge >= 0.3 is 0 Å². The fraction of sp³-hybridized carbons (Fsp3) is 1.00. The highest BCUT2D eigenvalue weighted by Crippen LogP contribution is 2.39. The molecular weight excluding hydrogens is 240 g/mol. The maximum atomic E-state index is 11.4. The summed E-state index contributed by atoms with van der Waals surface area (Å²) in [5, 5.41) is 12.9. The molecule has 1 aliphatic carbocycles. The summed E-state index contributed by atoms with van der Waals surface area (Å²) < 4.78 is 22.7. The highest BCUT2D eigenvalue weighted by Gasteiger charge is 2.45. The van der Waals surface area contributed by atoms with Crippen molar-refractivity contribution in [3.8, 4) is 0 Å². The van der Waals surface area contributed by atoms with Gasteiger partial charge in [-0.3, -0.25) is 4.90 Å². The third-order valence-electron chi connectivity index (χ3n) is 4.08. The van der Waals surface area contributed by atoms with Gasteiger partial charge in [0.05, 0.1) is 23.7 Å². The third kappa shape index (κ3) is 2.99. The minimum atomic E-state index is -2.81. The van der Waals surface area contributed by atoms with Crippen molar-refractivity contribution in [2.24, 2.45) is 5.92 Å². The van der Waals surface area contributed by atoms with E-state index in [1.807, 2.05) is 7.05 Å². The SMILES string of the molecule is CNC(CO)(CN1CCS(=O)(=O)CC1)C1CC1. The number of hydrogen-bond donors (Lipinski definition) is 2. The minimum absolute atomic E-state index is 0.122. The molecule has 1 unspecified atom stereocenters. The fourth-order valence-electron chi connectivity index (χ4n) is 2.61. The van der Waals surface area contributed by atoms with Gasteiger partial charge in [-0.2, -0.15) is 0 Å². The van der Waals surface area contributed by atoms with E-state index in [2.05, 4.69) is 10.2 Å². The highest BCUT2D eigenvalue weighted by molar-refractivity contribution is 7.91. The number of nitrogens with one attached hydrogen (secondary N) is 1. The molecule has 100 valence electrons. The van der Waals surface area contributed by atoms with Crippen LogP contribution in [0.5, 0.6) is 0 Å². The van der Waals surface area contributed by atoms with Gasteiger partial charge in [-0.1, -0.05) is 0 Å². The van der Waals surface area contributed by atoms with Crippen LogP contribution in [0, 0.1) is 5.92 Å². The first-order chi connectivity index (χ1) is 8.01. The molecule has 0 bridgehead atoms. The van der Waals surface area contributed by atoms with Crippen LogP contribution in [-0.4, -0.2) is 68.8 Å². The second-order valence-electron chi connectivity index (χ2n) is 5.27. The van der Waals surface area contributed by atoms with Crippen molar-refractivity contribution in [2.75, 3.05) is 44.8 Å². The summed E-state index contributed by atoms with van der Waals surface area (Å²) in [4.78, 5) is 2.16. The molecule has 0 amide bonds. The lowest BCUT2D eigenvalue weighted by molar-refractivity contribution is 0.100. The molecule has 6 heteroatoms. The summed E-state index contributed by atoms with van der Waals surface area (Å²) in [6.45, 7) is 2.06. The van der Waals surface area contributed by atoms with Crippen molar-refractivity contribution < 1.29 is 13.5 Å². The Hall–Kier alpha value is -0.170. The van der Waals surface area contributed by atoms with E-state index in [1.165, 1.54) is 0 Å². The van der Waals surface area contributed by atoms with Crippen molar-refractivity contribution in [3.05, 3.63) is 0 Å². The molecule has 1 heterocycles. The van der Waals surface area contributed by atoms with E-state index in [1.54, 1.807) is 0 Å². The van der Waals surface area contributed by atoms with Gasteiger partial charge in [0, 0.05) is 19.6 Å². The first-order valence-corrected chi connectivity index (χ1v) is 8.06. The molecule has 5 nitrogen and oxygen atoms in total. The van der Waals surface area contributed by atoms with Crippen LogP contribution in [0.3, 0.4) is 0 Å². The number of likely N-dealkylation sites (N-methyl/N-ethyl adjacent to an activating group) is 1. The molecule has 17 heavy (non-hydrogen) atoms. The topological polar surface area (TPSA) is 69.6 Å². The predicted octanol–water partition coefficient (Wildman–Crippen LogP) is -0.923. The normalized spacial score (nSPS) is 28.8. The smallest absolute Gasteiger partial charge is 0.152 e. The van der Waals surface area contributed by atoms with Crippen molar-refractivity contribution >= 4 is 9.84 Å². The maximum absolute atomic E-state index is 11.4. The van der Waals surface area contributed by atoms with Gasteiger partial charge in [0.25, 0.3) is 0 Å². The summed E-state index contributed by atoms with van der Waals surface area (Å²) >= 11 is 0. The zero-order chi connectivity index (χ0) is 12.5. The lowest BCUT2D eigenvalue weighted by Gasteiger charge is -2.38. The van der Waals surface area contributed by atoms with Gasteiger partial charge in [0.2, 0.25) is 0 Å². The van der Waals surface area contributed by atoms with Crippen LogP contribution in [0.15, 0.2) is 0 Å². The molecule has 2 fully saturated rings. The predicted molar refractivity (Wildman–Crippen MR) is 66.7 cm³/mol. The summed E-state index contributed by atoms with van der Waals surface area (Å²) in [5.41, 5.74) is -0.235. The van der Waals surface area contributed by atoms with Gasteiger partial charge in [0.1, 0.15) is 0 Å². The Morgan fingerprint density at radius 3 is 2.35 bits per heavy atom. The van der Waals surface area contributed by atoms with Crippen molar-refractivity contribution in [1.82, 2.24) is 10.2 Å². The number of aliphatic hydroxyl groups excluding tert-OH is 1. The van der Waals surface area contributed by atoms with Gasteiger partial charge in [0.15, 0.2) is 9.84 Å². The van der Waals surface area contributed by atoms with Gasteiger partial charge in [-0.05, 0) is 25.8 Å². The number of aliphatic hydroxyl groups is 1. The molecule has 0 aromatic rings. The van der Waals surface area contributed by atoms with E-state index in [0.717, 1.165) is 19.4 Å². The van der Waals surface area contributed by atoms with Crippen LogP contribution in [-0.2, 0) is 9.84 Å². The molecule has 0 aromatic heterocycles. The second-order valence-corrected chi connectivity index (χ2v) is 7.57. The first-order valence-electron chi connectivity index (χ1n) is 6.24. The number of rotatable bonds is 5.